The van der Waals surface area contributed by atoms with Gasteiger partial charge in [-0.25, -0.2) is 4.98 Å². The van der Waals surface area contributed by atoms with E-state index < -0.39 is 0 Å². The Labute approximate surface area is 131 Å². The van der Waals surface area contributed by atoms with E-state index in [1.54, 1.807) is 23.0 Å². The number of aromatic nitrogens is 3. The molecule has 0 saturated carbocycles. The molecule has 0 radical (unpaired) electrons. The highest BCUT2D eigenvalue weighted by Crippen LogP contribution is 2.32. The minimum absolute atomic E-state index is 0.182. The van der Waals surface area contributed by atoms with E-state index in [0.29, 0.717) is 29.3 Å². The molecule has 0 fully saturated rings. The van der Waals surface area contributed by atoms with Crippen LogP contribution < -0.4 is 14.8 Å². The molecule has 23 heavy (non-hydrogen) atoms. The molecule has 7 nitrogen and oxygen atoms in total. The molecule has 4 rings (SSSR count). The Morgan fingerprint density at radius 1 is 1.35 bits per heavy atom. The lowest BCUT2D eigenvalue weighted by atomic mass is 10.2. The summed E-state index contributed by atoms with van der Waals surface area (Å²) >= 11 is 0. The number of nitrogens with one attached hydrogen (secondary N) is 1. The predicted octanol–water partition coefficient (Wildman–Crippen LogP) is 1.70. The summed E-state index contributed by atoms with van der Waals surface area (Å²) in [5.74, 6) is 1.25. The predicted molar refractivity (Wildman–Crippen MR) is 81.5 cm³/mol. The largest absolute Gasteiger partial charge is 0.454 e. The van der Waals surface area contributed by atoms with E-state index in [4.69, 9.17) is 9.47 Å². The summed E-state index contributed by atoms with van der Waals surface area (Å²) in [5, 5.41) is 2.91. The maximum absolute atomic E-state index is 12.5. The van der Waals surface area contributed by atoms with E-state index in [1.807, 2.05) is 25.1 Å². The van der Waals surface area contributed by atoms with Crippen LogP contribution in [0.25, 0.3) is 5.65 Å². The van der Waals surface area contributed by atoms with Crippen LogP contribution in [0.5, 0.6) is 11.5 Å². The van der Waals surface area contributed by atoms with Gasteiger partial charge >= 0.3 is 0 Å². The normalized spacial score (nSPS) is 12.6. The van der Waals surface area contributed by atoms with Gasteiger partial charge in [-0.3, -0.25) is 14.2 Å². The first-order valence-electron chi connectivity index (χ1n) is 7.18. The van der Waals surface area contributed by atoms with Gasteiger partial charge in [0.25, 0.3) is 5.91 Å². The number of fused-ring (bicyclic) bond motifs is 2. The molecular formula is C16H14N4O3. The number of amides is 1. The van der Waals surface area contributed by atoms with E-state index >= 15 is 0 Å². The van der Waals surface area contributed by atoms with Gasteiger partial charge in [0.1, 0.15) is 5.69 Å². The standard InChI is InChI=1S/C16H14N4O3/c1-10-15(20-5-4-17-8-14(20)19-10)16(21)18-7-11-2-3-12-13(6-11)23-9-22-12/h2-6,8H,7,9H2,1H3,(H,18,21). The fourth-order valence-electron chi connectivity index (χ4n) is 2.62. The second-order valence-corrected chi connectivity index (χ2v) is 5.22. The zero-order chi connectivity index (χ0) is 15.8. The van der Waals surface area contributed by atoms with Gasteiger partial charge < -0.3 is 14.8 Å². The molecule has 3 aromatic rings. The van der Waals surface area contributed by atoms with Crippen LogP contribution >= 0.6 is 0 Å². The average Bonchev–Trinajstić information content (AvgIpc) is 3.15. The summed E-state index contributed by atoms with van der Waals surface area (Å²) in [4.78, 5) is 20.9. The van der Waals surface area contributed by atoms with Gasteiger partial charge in [0.05, 0.1) is 11.9 Å². The summed E-state index contributed by atoms with van der Waals surface area (Å²) in [5.41, 5.74) is 2.78. The number of carbonyl (C=O) groups excluding carboxylic acids is 1. The Morgan fingerprint density at radius 3 is 3.13 bits per heavy atom. The van der Waals surface area contributed by atoms with Gasteiger partial charge in [0.15, 0.2) is 17.1 Å². The number of aryl methyl sites for hydroxylation is 1. The lowest BCUT2D eigenvalue weighted by Gasteiger charge is -2.07. The number of benzene rings is 1. The first kappa shape index (κ1) is 13.6. The maximum atomic E-state index is 12.5. The van der Waals surface area contributed by atoms with Crippen LogP contribution in [0, 0.1) is 6.92 Å². The highest BCUT2D eigenvalue weighted by Gasteiger charge is 2.17. The highest BCUT2D eigenvalue weighted by molar-refractivity contribution is 5.94. The molecule has 1 aliphatic rings. The molecule has 0 spiro atoms. The number of hydrogen-bond acceptors (Lipinski definition) is 5. The number of nitrogens with zero attached hydrogens (tertiary/aromatic N) is 3. The van der Waals surface area contributed by atoms with Crippen LogP contribution in [-0.4, -0.2) is 27.1 Å². The van der Waals surface area contributed by atoms with E-state index in [0.717, 1.165) is 11.3 Å². The molecule has 2 aromatic heterocycles. The minimum Gasteiger partial charge on any atom is -0.454 e. The summed E-state index contributed by atoms with van der Waals surface area (Å²) in [6, 6.07) is 5.61. The Hall–Kier alpha value is -3.09. The van der Waals surface area contributed by atoms with Crippen LogP contribution in [0.2, 0.25) is 0 Å². The van der Waals surface area contributed by atoms with Crippen molar-refractivity contribution in [2.45, 2.75) is 13.5 Å². The molecular weight excluding hydrogens is 296 g/mol. The molecule has 0 saturated heterocycles. The van der Waals surface area contributed by atoms with Crippen molar-refractivity contribution in [1.82, 2.24) is 19.7 Å². The smallest absolute Gasteiger partial charge is 0.270 e. The number of hydrogen-bond donors (Lipinski definition) is 1. The van der Waals surface area contributed by atoms with Crippen molar-refractivity contribution >= 4 is 11.6 Å². The number of carbonyl (C=O) groups is 1. The Bertz CT molecular complexity index is 903. The highest BCUT2D eigenvalue weighted by atomic mass is 16.7. The van der Waals surface area contributed by atoms with Crippen molar-refractivity contribution in [3.63, 3.8) is 0 Å². The van der Waals surface area contributed by atoms with Crippen molar-refractivity contribution in [2.75, 3.05) is 6.79 Å². The molecule has 0 atom stereocenters. The number of imidazole rings is 1. The quantitative estimate of drug-likeness (QED) is 0.796. The van der Waals surface area contributed by atoms with Crippen molar-refractivity contribution in [3.05, 3.63) is 53.7 Å². The lowest BCUT2D eigenvalue weighted by Crippen LogP contribution is -2.25. The van der Waals surface area contributed by atoms with Gasteiger partial charge in [0.2, 0.25) is 6.79 Å². The monoisotopic (exact) mass is 310 g/mol. The topological polar surface area (TPSA) is 77.8 Å². The van der Waals surface area contributed by atoms with E-state index in [9.17, 15) is 4.79 Å². The molecule has 1 N–H and O–H groups in total. The third kappa shape index (κ3) is 2.36. The van der Waals surface area contributed by atoms with Crippen LogP contribution in [0.1, 0.15) is 21.7 Å². The molecule has 1 aliphatic heterocycles. The Morgan fingerprint density at radius 2 is 2.22 bits per heavy atom. The van der Waals surface area contributed by atoms with Gasteiger partial charge in [-0.05, 0) is 24.6 Å². The molecule has 0 bridgehead atoms. The molecule has 3 heterocycles. The van der Waals surface area contributed by atoms with Crippen molar-refractivity contribution < 1.29 is 14.3 Å². The van der Waals surface area contributed by atoms with Crippen LogP contribution in [0.3, 0.4) is 0 Å². The first-order chi connectivity index (χ1) is 11.2. The number of ether oxygens (including phenoxy) is 2. The van der Waals surface area contributed by atoms with E-state index in [-0.39, 0.29) is 12.7 Å². The van der Waals surface area contributed by atoms with Crippen LogP contribution in [-0.2, 0) is 6.54 Å². The minimum atomic E-state index is -0.182. The molecule has 0 unspecified atom stereocenters. The Balaban J connectivity index is 1.54. The van der Waals surface area contributed by atoms with E-state index in [1.165, 1.54) is 0 Å². The molecule has 1 aromatic carbocycles. The lowest BCUT2D eigenvalue weighted by molar-refractivity contribution is 0.0944. The summed E-state index contributed by atoms with van der Waals surface area (Å²) in [7, 11) is 0. The van der Waals surface area contributed by atoms with Gasteiger partial charge in [-0.15, -0.1) is 0 Å². The zero-order valence-electron chi connectivity index (χ0n) is 12.4. The summed E-state index contributed by atoms with van der Waals surface area (Å²) in [6.45, 7) is 2.44. The van der Waals surface area contributed by atoms with E-state index in [2.05, 4.69) is 15.3 Å². The van der Waals surface area contributed by atoms with Crippen molar-refractivity contribution in [1.29, 1.82) is 0 Å². The van der Waals surface area contributed by atoms with Crippen molar-refractivity contribution in [3.8, 4) is 11.5 Å². The van der Waals surface area contributed by atoms with Crippen molar-refractivity contribution in [2.24, 2.45) is 0 Å². The second kappa shape index (κ2) is 5.28. The number of rotatable bonds is 3. The fraction of sp³-hybridized carbons (Fsp3) is 0.188. The van der Waals surface area contributed by atoms with Gasteiger partial charge in [-0.2, -0.15) is 0 Å². The van der Waals surface area contributed by atoms with Crippen LogP contribution in [0.15, 0.2) is 36.8 Å². The third-order valence-electron chi connectivity index (χ3n) is 3.71. The summed E-state index contributed by atoms with van der Waals surface area (Å²) in [6.07, 6.45) is 4.98. The third-order valence-corrected chi connectivity index (χ3v) is 3.71. The zero-order valence-corrected chi connectivity index (χ0v) is 12.4. The molecule has 0 aliphatic carbocycles. The molecule has 7 heteroatoms. The van der Waals surface area contributed by atoms with Gasteiger partial charge in [0, 0.05) is 18.9 Å². The van der Waals surface area contributed by atoms with Gasteiger partial charge in [-0.1, -0.05) is 6.07 Å². The Kier molecular flexibility index (Phi) is 3.11. The molecule has 1 amide bonds. The second-order valence-electron chi connectivity index (χ2n) is 5.22. The summed E-state index contributed by atoms with van der Waals surface area (Å²) < 4.78 is 12.3. The van der Waals surface area contributed by atoms with Crippen LogP contribution in [0.4, 0.5) is 0 Å². The fourth-order valence-corrected chi connectivity index (χ4v) is 2.62. The first-order valence-corrected chi connectivity index (χ1v) is 7.18. The maximum Gasteiger partial charge on any atom is 0.270 e. The average molecular weight is 310 g/mol. The molecule has 116 valence electrons. The SMILES string of the molecule is Cc1nc2cnccn2c1C(=O)NCc1ccc2c(c1)OCO2.